The van der Waals surface area contributed by atoms with Crippen LogP contribution < -0.4 is 10.1 Å². The Hall–Kier alpha value is -3.57. The van der Waals surface area contributed by atoms with Crippen molar-refractivity contribution in [2.24, 2.45) is 0 Å². The molecule has 1 saturated carbocycles. The van der Waals surface area contributed by atoms with Crippen LogP contribution in [0.25, 0.3) is 0 Å². The molecule has 0 bridgehead atoms. The summed E-state index contributed by atoms with van der Waals surface area (Å²) in [5.74, 6) is -0.0863. The molecule has 1 N–H and O–H groups in total. The van der Waals surface area contributed by atoms with Crippen LogP contribution in [0.2, 0.25) is 0 Å². The van der Waals surface area contributed by atoms with E-state index in [4.69, 9.17) is 4.74 Å². The molecule has 0 radical (unpaired) electrons. The zero-order valence-electron chi connectivity index (χ0n) is 21.7. The normalized spacial score (nSPS) is 16.6. The van der Waals surface area contributed by atoms with Crippen LogP contribution in [-0.4, -0.2) is 63.5 Å². The summed E-state index contributed by atoms with van der Waals surface area (Å²) < 4.78 is 47.8. The Kier molecular flexibility index (Phi) is 7.98. The Morgan fingerprint density at radius 3 is 2.32 bits per heavy atom. The molecule has 4 rings (SSSR count). The Balaban J connectivity index is 0.00000420. The molecule has 2 heterocycles. The summed E-state index contributed by atoms with van der Waals surface area (Å²) in [6, 6.07) is 4.61. The third-order valence-corrected chi connectivity index (χ3v) is 6.01. The van der Waals surface area contributed by atoms with Gasteiger partial charge in [0.2, 0.25) is 5.95 Å². The van der Waals surface area contributed by atoms with Crippen LogP contribution in [-0.2, 0) is 11.3 Å². The lowest BCUT2D eigenvalue weighted by Crippen LogP contribution is -2.44. The van der Waals surface area contributed by atoms with Gasteiger partial charge in [0.25, 0.3) is 5.91 Å². The van der Waals surface area contributed by atoms with E-state index in [2.05, 4.69) is 20.0 Å². The van der Waals surface area contributed by atoms with E-state index in [0.717, 1.165) is 31.2 Å². The maximum absolute atomic E-state index is 13.1. The van der Waals surface area contributed by atoms with Crippen LogP contribution in [0.4, 0.5) is 23.9 Å². The van der Waals surface area contributed by atoms with Crippen LogP contribution >= 0.6 is 0 Å². The molecule has 208 valence electrons. The van der Waals surface area contributed by atoms with Gasteiger partial charge in [0.1, 0.15) is 11.4 Å². The van der Waals surface area contributed by atoms with Crippen LogP contribution in [0.5, 0.6) is 5.75 Å². The number of nitrogens with zero attached hydrogens (tertiary/aromatic N) is 4. The standard InChI is InChI=1S/C26H32F3N5O4.H2/c1-25(2,3)38-24(36)34-9-5-4-8-33(16-34)22(35)20-14-31-23(32-15-20)30-13-17-10-19(18-6-7-18)12-21(11-17)37-26(27,28)29;/h10-12,14-15,18H,4-9,13,16H2,1-3H3,(H,30,31,32);1H. The summed E-state index contributed by atoms with van der Waals surface area (Å²) in [6.07, 6.45) is 0.906. The van der Waals surface area contributed by atoms with Crippen LogP contribution in [0.3, 0.4) is 0 Å². The average molecular weight is 538 g/mol. The SMILES string of the molecule is CC(C)(C)OC(=O)N1CCCCN(C(=O)c2cnc(NCc3cc(OC(F)(F)F)cc(C4CC4)c3)nc2)C1.[HH]. The fourth-order valence-corrected chi connectivity index (χ4v) is 4.12. The van der Waals surface area contributed by atoms with Gasteiger partial charge < -0.3 is 19.7 Å². The third kappa shape index (κ3) is 7.96. The minimum Gasteiger partial charge on any atom is -0.444 e. The number of rotatable bonds is 6. The van der Waals surface area contributed by atoms with Gasteiger partial charge in [0.15, 0.2) is 0 Å². The van der Waals surface area contributed by atoms with E-state index >= 15 is 0 Å². The van der Waals surface area contributed by atoms with Crippen molar-refractivity contribution in [1.29, 1.82) is 0 Å². The highest BCUT2D eigenvalue weighted by Gasteiger charge is 2.32. The van der Waals surface area contributed by atoms with Gasteiger partial charge in [-0.25, -0.2) is 14.8 Å². The Bertz CT molecular complexity index is 1150. The van der Waals surface area contributed by atoms with Crippen molar-refractivity contribution in [3.63, 3.8) is 0 Å². The molecular formula is C26H34F3N5O4. The maximum Gasteiger partial charge on any atom is 0.573 e. The molecule has 2 amide bonds. The number of anilines is 1. The van der Waals surface area contributed by atoms with Crippen molar-refractivity contribution in [2.75, 3.05) is 25.1 Å². The molecule has 1 aliphatic heterocycles. The van der Waals surface area contributed by atoms with Crippen molar-refractivity contribution in [1.82, 2.24) is 19.8 Å². The van der Waals surface area contributed by atoms with E-state index in [-0.39, 0.29) is 43.7 Å². The van der Waals surface area contributed by atoms with Gasteiger partial charge in [-0.05, 0) is 75.6 Å². The van der Waals surface area contributed by atoms with Crippen LogP contribution in [0.15, 0.2) is 30.6 Å². The molecule has 38 heavy (non-hydrogen) atoms. The number of hydrogen-bond acceptors (Lipinski definition) is 7. The predicted octanol–water partition coefficient (Wildman–Crippen LogP) is 5.54. The van der Waals surface area contributed by atoms with Gasteiger partial charge >= 0.3 is 12.5 Å². The Morgan fingerprint density at radius 2 is 1.71 bits per heavy atom. The average Bonchev–Trinajstić information content (AvgIpc) is 3.67. The fraction of sp³-hybridized carbons (Fsp3) is 0.538. The summed E-state index contributed by atoms with van der Waals surface area (Å²) >= 11 is 0. The lowest BCUT2D eigenvalue weighted by atomic mass is 10.1. The monoisotopic (exact) mass is 537 g/mol. The van der Waals surface area contributed by atoms with Gasteiger partial charge in [-0.15, -0.1) is 13.2 Å². The number of hydrogen-bond donors (Lipinski definition) is 1. The Labute approximate surface area is 220 Å². The van der Waals surface area contributed by atoms with E-state index in [0.29, 0.717) is 18.7 Å². The van der Waals surface area contributed by atoms with Crippen molar-refractivity contribution in [2.45, 2.75) is 70.9 Å². The van der Waals surface area contributed by atoms with Gasteiger partial charge in [0.05, 0.1) is 12.2 Å². The van der Waals surface area contributed by atoms with E-state index in [1.807, 2.05) is 6.07 Å². The summed E-state index contributed by atoms with van der Waals surface area (Å²) in [4.78, 5) is 37.1. The summed E-state index contributed by atoms with van der Waals surface area (Å²) in [5.41, 5.74) is 1.03. The number of amides is 2. The second kappa shape index (κ2) is 11.0. The highest BCUT2D eigenvalue weighted by atomic mass is 19.4. The van der Waals surface area contributed by atoms with E-state index in [1.54, 1.807) is 25.7 Å². The van der Waals surface area contributed by atoms with Crippen molar-refractivity contribution in [3.05, 3.63) is 47.3 Å². The minimum absolute atomic E-state index is 0. The van der Waals surface area contributed by atoms with Gasteiger partial charge in [-0.1, -0.05) is 6.07 Å². The predicted molar refractivity (Wildman–Crippen MR) is 135 cm³/mol. The molecule has 9 nitrogen and oxygen atoms in total. The second-order valence-electron chi connectivity index (χ2n) is 10.5. The lowest BCUT2D eigenvalue weighted by molar-refractivity contribution is -0.274. The van der Waals surface area contributed by atoms with Gasteiger partial charge in [-0.3, -0.25) is 9.69 Å². The summed E-state index contributed by atoms with van der Waals surface area (Å²) in [6.45, 7) is 6.63. The lowest BCUT2D eigenvalue weighted by Gasteiger charge is -2.29. The molecule has 1 aliphatic carbocycles. The van der Waals surface area contributed by atoms with E-state index in [1.165, 1.54) is 29.4 Å². The summed E-state index contributed by atoms with van der Waals surface area (Å²) in [7, 11) is 0. The maximum atomic E-state index is 13.1. The molecule has 12 heteroatoms. The molecule has 1 saturated heterocycles. The van der Waals surface area contributed by atoms with Crippen molar-refractivity contribution >= 4 is 17.9 Å². The molecule has 0 spiro atoms. The van der Waals surface area contributed by atoms with Crippen molar-refractivity contribution < 1.29 is 33.7 Å². The smallest absolute Gasteiger partial charge is 0.444 e. The highest BCUT2D eigenvalue weighted by Crippen LogP contribution is 2.42. The topological polar surface area (TPSA) is 96.9 Å². The molecule has 1 aromatic heterocycles. The van der Waals surface area contributed by atoms with E-state index in [9.17, 15) is 22.8 Å². The minimum atomic E-state index is -4.77. The first-order chi connectivity index (χ1) is 17.9. The second-order valence-corrected chi connectivity index (χ2v) is 10.5. The number of carbonyl (C=O) groups excluding carboxylic acids is 2. The largest absolute Gasteiger partial charge is 0.573 e. The quantitative estimate of drug-likeness (QED) is 0.517. The molecule has 2 aromatic rings. The van der Waals surface area contributed by atoms with Crippen LogP contribution in [0, 0.1) is 0 Å². The molecule has 0 unspecified atom stereocenters. The van der Waals surface area contributed by atoms with Crippen molar-refractivity contribution in [3.8, 4) is 5.75 Å². The third-order valence-electron chi connectivity index (χ3n) is 6.01. The highest BCUT2D eigenvalue weighted by molar-refractivity contribution is 5.93. The number of ether oxygens (including phenoxy) is 2. The first kappa shape index (κ1) is 27.5. The molecule has 2 aliphatic rings. The van der Waals surface area contributed by atoms with Gasteiger partial charge in [0, 0.05) is 33.5 Å². The Morgan fingerprint density at radius 1 is 1.05 bits per heavy atom. The molecule has 1 aromatic carbocycles. The zero-order chi connectivity index (χ0) is 27.5. The molecular weight excluding hydrogens is 503 g/mol. The number of halogens is 3. The number of carbonyl (C=O) groups is 2. The fourth-order valence-electron chi connectivity index (χ4n) is 4.12. The first-order valence-corrected chi connectivity index (χ1v) is 12.6. The number of aromatic nitrogens is 2. The number of nitrogens with one attached hydrogen (secondary N) is 1. The molecule has 0 atom stereocenters. The number of alkyl halides is 3. The summed E-state index contributed by atoms with van der Waals surface area (Å²) in [5, 5.41) is 2.98. The van der Waals surface area contributed by atoms with E-state index < -0.39 is 18.1 Å². The van der Waals surface area contributed by atoms with Gasteiger partial charge in [-0.2, -0.15) is 0 Å². The number of benzene rings is 1. The molecule has 2 fully saturated rings. The van der Waals surface area contributed by atoms with Crippen LogP contribution in [0.1, 0.15) is 75.3 Å². The zero-order valence-corrected chi connectivity index (χ0v) is 21.7. The first-order valence-electron chi connectivity index (χ1n) is 12.6.